The topological polar surface area (TPSA) is 298 Å². The first-order valence-electron chi connectivity index (χ1n) is 39.9. The fourth-order valence-electron chi connectivity index (χ4n) is 16.2. The minimum atomic E-state index is -3.88. The maximum atomic E-state index is 13.3. The van der Waals surface area contributed by atoms with Gasteiger partial charge in [-0.25, -0.2) is 17.4 Å². The SMILES string of the molecule is CC1=CC(C)=NC(=O)C1CNC(=O)c1cn(S(=O)(=O)c2ccccc2)c2ccccc12.Cc1cc(C)c(CNC(=O)c2c(C)n(-c3ccccc3)c3ccccc23)c(=O)[nH]1.Cc1cc(C)c(CNC(=O)c2c(C)n(-c3ccccc3C)c3ccccc23)c(=O)[nH]1.Cc1cc(C)c(CNC(=O)c2c(C)n(C(C)c3ccccc3)c3ccccc23)c(=O)[nH]1. The normalized spacial score (nSPS) is 12.8. The number of rotatable bonds is 18. The Hall–Kier alpha value is -14.3. The monoisotopic (exact) mass is 1630 g/mol. The molecule has 0 fully saturated rings. The molecule has 1 aliphatic heterocycles. The quantitative estimate of drug-likeness (QED) is 0.0426. The largest absolute Gasteiger partial charge is 0.351 e. The van der Waals surface area contributed by atoms with Crippen LogP contribution in [0.2, 0.25) is 0 Å². The molecule has 2 unspecified atom stereocenters. The van der Waals surface area contributed by atoms with Crippen LogP contribution in [0.25, 0.3) is 55.0 Å². The van der Waals surface area contributed by atoms with Gasteiger partial charge in [-0.2, -0.15) is 0 Å². The molecule has 8 heterocycles. The Labute approximate surface area is 700 Å². The molecule has 23 heteroatoms. The zero-order chi connectivity index (χ0) is 86.3. The summed E-state index contributed by atoms with van der Waals surface area (Å²) in [6, 6.07) is 72.8. The number of carbonyl (C=O) groups excluding carboxylic acids is 5. The number of nitrogens with one attached hydrogen (secondary N) is 7. The highest BCUT2D eigenvalue weighted by atomic mass is 32.2. The van der Waals surface area contributed by atoms with Crippen molar-refractivity contribution in [2.45, 2.75) is 121 Å². The minimum Gasteiger partial charge on any atom is -0.351 e. The molecule has 2 atom stereocenters. The Morgan fingerprint density at radius 2 is 0.818 bits per heavy atom. The summed E-state index contributed by atoms with van der Waals surface area (Å²) in [5.41, 5.74) is 20.3. The van der Waals surface area contributed by atoms with Crippen molar-refractivity contribution >= 4 is 88.9 Å². The average Bonchev–Trinajstić information content (AvgIpc) is 1.62. The molecule has 7 N–H and O–H groups in total. The van der Waals surface area contributed by atoms with E-state index in [1.807, 2.05) is 227 Å². The van der Waals surface area contributed by atoms with Crippen molar-refractivity contribution in [3.8, 4) is 11.4 Å². The van der Waals surface area contributed by atoms with Gasteiger partial charge in [0.05, 0.1) is 55.7 Å². The van der Waals surface area contributed by atoms with Gasteiger partial charge in [-0.15, -0.1) is 0 Å². The van der Waals surface area contributed by atoms with Gasteiger partial charge in [0, 0.05) is 127 Å². The van der Waals surface area contributed by atoms with Crippen molar-refractivity contribution < 1.29 is 32.4 Å². The van der Waals surface area contributed by atoms with E-state index in [0.717, 1.165) is 110 Å². The zero-order valence-electron chi connectivity index (χ0n) is 69.8. The summed E-state index contributed by atoms with van der Waals surface area (Å²) in [5, 5.41) is 14.8. The minimum absolute atomic E-state index is 0.0786. The zero-order valence-corrected chi connectivity index (χ0v) is 70.6. The predicted molar refractivity (Wildman–Crippen MR) is 479 cm³/mol. The van der Waals surface area contributed by atoms with Gasteiger partial charge in [-0.1, -0.05) is 163 Å². The lowest BCUT2D eigenvalue weighted by Crippen LogP contribution is -2.34. The Balaban J connectivity index is 0.000000139. The van der Waals surface area contributed by atoms with Gasteiger partial charge in [-0.05, 0) is 197 Å². The Morgan fingerprint density at radius 1 is 0.421 bits per heavy atom. The molecule has 0 saturated heterocycles. The second kappa shape index (κ2) is 36.3. The van der Waals surface area contributed by atoms with Gasteiger partial charge < -0.3 is 49.9 Å². The van der Waals surface area contributed by atoms with Crippen molar-refractivity contribution in [2.24, 2.45) is 10.9 Å². The number of fused-ring (bicyclic) bond motifs is 4. The van der Waals surface area contributed by atoms with Crippen LogP contribution < -0.4 is 37.9 Å². The molecule has 15 aromatic rings. The van der Waals surface area contributed by atoms with Crippen molar-refractivity contribution in [1.82, 2.24) is 53.9 Å². The van der Waals surface area contributed by atoms with Crippen LogP contribution in [0, 0.1) is 75.2 Å². The first kappa shape index (κ1) is 84.6. The van der Waals surface area contributed by atoms with E-state index in [1.54, 1.807) is 49.4 Å². The summed E-state index contributed by atoms with van der Waals surface area (Å²) >= 11 is 0. The van der Waals surface area contributed by atoms with E-state index in [9.17, 15) is 46.8 Å². The second-order valence-electron chi connectivity index (χ2n) is 30.5. The van der Waals surface area contributed by atoms with Gasteiger partial charge in [0.2, 0.25) is 0 Å². The second-order valence-corrected chi connectivity index (χ2v) is 32.3. The number of para-hydroxylation sites is 6. The molecular weight excluding hydrogens is 1540 g/mol. The first-order valence-corrected chi connectivity index (χ1v) is 41.3. The summed E-state index contributed by atoms with van der Waals surface area (Å²) in [6.45, 7) is 25.5. The van der Waals surface area contributed by atoms with Gasteiger partial charge in [-0.3, -0.25) is 38.4 Å². The van der Waals surface area contributed by atoms with Crippen LogP contribution in [0.4, 0.5) is 0 Å². The fraction of sp³-hybridized carbons (Fsp3) is 0.194. The summed E-state index contributed by atoms with van der Waals surface area (Å²) in [7, 11) is -3.88. The average molecular weight is 1630 g/mol. The molecule has 0 radical (unpaired) electrons. The van der Waals surface area contributed by atoms with Crippen LogP contribution in [0.1, 0.15) is 147 Å². The summed E-state index contributed by atoms with van der Waals surface area (Å²) in [5.74, 6) is -1.83. The number of benzene rings is 8. The Morgan fingerprint density at radius 3 is 1.30 bits per heavy atom. The van der Waals surface area contributed by atoms with Gasteiger partial charge in [0.1, 0.15) is 0 Å². The summed E-state index contributed by atoms with van der Waals surface area (Å²) < 4.78 is 33.9. The summed E-state index contributed by atoms with van der Waals surface area (Å²) in [6.07, 6.45) is 3.15. The number of aliphatic imine (C=N–C) groups is 1. The van der Waals surface area contributed by atoms with Crippen LogP contribution in [0.3, 0.4) is 0 Å². The molecule has 1 aliphatic rings. The number of aromatic nitrogens is 7. The van der Waals surface area contributed by atoms with Gasteiger partial charge in [0.25, 0.3) is 56.2 Å². The fourth-order valence-corrected chi connectivity index (χ4v) is 17.5. The van der Waals surface area contributed by atoms with Crippen LogP contribution in [0.5, 0.6) is 0 Å². The number of hydrogen-bond acceptors (Lipinski definition) is 10. The van der Waals surface area contributed by atoms with Crippen molar-refractivity contribution in [2.75, 3.05) is 6.54 Å². The highest BCUT2D eigenvalue weighted by Gasteiger charge is 2.30. The number of hydrogen-bond donors (Lipinski definition) is 7. The molecule has 0 saturated carbocycles. The molecule has 7 aromatic heterocycles. The number of aromatic amines is 3. The number of carbonyl (C=O) groups is 5. The van der Waals surface area contributed by atoms with Crippen LogP contribution in [-0.4, -0.2) is 82.8 Å². The lowest BCUT2D eigenvalue weighted by molar-refractivity contribution is -0.120. The molecule has 22 nitrogen and oxygen atoms in total. The molecule has 5 amide bonds. The first-order chi connectivity index (χ1) is 58.0. The molecule has 614 valence electrons. The summed E-state index contributed by atoms with van der Waals surface area (Å²) in [4.78, 5) is 114. The van der Waals surface area contributed by atoms with Crippen LogP contribution >= 0.6 is 0 Å². The standard InChI is InChI=1S/C26H27N3O2.C25H25N3O2.C24H23N3O2.C23H21N3O4S/c1-16-14-17(2)28-25(30)22(16)15-27-26(31)24-19(4)29(23-13-9-8-12-21(23)24)18(3)20-10-6-5-7-11-20;1-15-9-5-7-11-21(15)28-18(4)23(19-10-6-8-12-22(19)28)25(30)26-14-20-16(2)13-17(3)27-24(20)29;1-15-13-16(2)26-23(28)20(15)14-25-24(29)22-17(3)27(18-9-5-4-6-10-18)21-12-8-7-11-19(21)22;1-15-12-16(2)25-23(28)19(15)13-24-22(27)20-14-26(21-11-7-6-10-18(20)21)31(29,30)17-8-4-3-5-9-17/h5-14,18H,15H2,1-4H3,(H,27,31)(H,28,30);5-13H,14H2,1-4H3,(H,26,30)(H,27,29);4-13H,14H2,1-3H3,(H,25,29)(H,26,28);3-12,14,19H,13H2,1-2H3,(H,24,27). The van der Waals surface area contributed by atoms with E-state index in [4.69, 9.17) is 0 Å². The molecular formula is C98H96N12O10S. The predicted octanol–water partition coefficient (Wildman–Crippen LogP) is 16.6. The third-order valence-corrected chi connectivity index (χ3v) is 23.8. The van der Waals surface area contributed by atoms with Gasteiger partial charge >= 0.3 is 0 Å². The van der Waals surface area contributed by atoms with E-state index in [1.165, 1.54) is 23.9 Å². The maximum Gasteiger partial charge on any atom is 0.268 e. The van der Waals surface area contributed by atoms with Crippen molar-refractivity contribution in [1.29, 1.82) is 0 Å². The molecule has 121 heavy (non-hydrogen) atoms. The van der Waals surface area contributed by atoms with E-state index in [2.05, 4.69) is 93.0 Å². The van der Waals surface area contributed by atoms with E-state index in [0.29, 0.717) is 50.0 Å². The van der Waals surface area contributed by atoms with Crippen molar-refractivity contribution in [3.05, 3.63) is 380 Å². The van der Waals surface area contributed by atoms with Crippen LogP contribution in [0.15, 0.2) is 273 Å². The third-order valence-electron chi connectivity index (χ3n) is 22.1. The lowest BCUT2D eigenvalue weighted by Gasteiger charge is -2.18. The van der Waals surface area contributed by atoms with Crippen LogP contribution in [-0.2, 0) is 34.5 Å². The molecule has 8 aromatic carbocycles. The van der Waals surface area contributed by atoms with E-state index < -0.39 is 21.8 Å². The maximum absolute atomic E-state index is 13.3. The van der Waals surface area contributed by atoms with E-state index >= 15 is 0 Å². The smallest absolute Gasteiger partial charge is 0.268 e. The molecule has 0 bridgehead atoms. The lowest BCUT2D eigenvalue weighted by atomic mass is 9.95. The van der Waals surface area contributed by atoms with E-state index in [-0.39, 0.29) is 83.0 Å². The number of nitrogens with zero attached hydrogens (tertiary/aromatic N) is 5. The van der Waals surface area contributed by atoms with Crippen molar-refractivity contribution in [3.63, 3.8) is 0 Å². The number of aryl methyl sites for hydroxylation is 7. The molecule has 0 spiro atoms. The van der Waals surface area contributed by atoms with Gasteiger partial charge in [0.15, 0.2) is 0 Å². The highest BCUT2D eigenvalue weighted by Crippen LogP contribution is 2.35. The molecule has 0 aliphatic carbocycles. The number of allylic oxidation sites excluding steroid dienone is 1. The Kier molecular flexibility index (Phi) is 25.4. The number of pyridine rings is 3. The third kappa shape index (κ3) is 17.8. The Bertz CT molecular complexity index is 6920. The number of H-pyrrole nitrogens is 3. The number of amides is 5. The number of dihydropyridines is 1. The molecule has 16 rings (SSSR count). The highest BCUT2D eigenvalue weighted by molar-refractivity contribution is 7.90.